The van der Waals surface area contributed by atoms with Crippen LogP contribution in [0.5, 0.6) is 5.75 Å². The SMILES string of the molecule is CCC1(CCOc2cc(-c3cnn(CCO)c3)c3c(c2)C(O)(C(F)(F)F)c2ccccc2-3)CC2CCCC(C2)C1. The molecule has 6 rings (SSSR count). The number of ether oxygens (including phenoxy) is 1. The summed E-state index contributed by atoms with van der Waals surface area (Å²) in [5.74, 6) is 1.85. The summed E-state index contributed by atoms with van der Waals surface area (Å²) in [4.78, 5) is 0. The van der Waals surface area contributed by atoms with Crippen LogP contribution in [-0.2, 0) is 12.1 Å². The molecule has 214 valence electrons. The van der Waals surface area contributed by atoms with Crippen molar-refractivity contribution in [2.75, 3.05) is 13.2 Å². The van der Waals surface area contributed by atoms with Crippen LogP contribution in [0, 0.1) is 17.3 Å². The number of fused-ring (bicyclic) bond motifs is 5. The van der Waals surface area contributed by atoms with E-state index in [-0.39, 0.29) is 29.7 Å². The van der Waals surface area contributed by atoms with Crippen molar-refractivity contribution < 1.29 is 28.1 Å². The first-order valence-corrected chi connectivity index (χ1v) is 14.5. The fraction of sp³-hybridized carbons (Fsp3) is 0.531. The molecule has 0 saturated heterocycles. The van der Waals surface area contributed by atoms with Gasteiger partial charge in [0.1, 0.15) is 5.75 Å². The van der Waals surface area contributed by atoms with E-state index in [0.29, 0.717) is 34.6 Å². The molecule has 2 saturated carbocycles. The molecule has 3 aliphatic rings. The van der Waals surface area contributed by atoms with E-state index in [0.717, 1.165) is 24.7 Å². The van der Waals surface area contributed by atoms with E-state index in [1.807, 2.05) is 0 Å². The minimum Gasteiger partial charge on any atom is -0.494 e. The molecule has 40 heavy (non-hydrogen) atoms. The first-order chi connectivity index (χ1) is 19.2. The summed E-state index contributed by atoms with van der Waals surface area (Å²) in [7, 11) is 0. The number of nitrogens with zero attached hydrogens (tertiary/aromatic N) is 2. The molecular weight excluding hydrogens is 517 g/mol. The van der Waals surface area contributed by atoms with E-state index in [1.54, 1.807) is 35.3 Å². The third-order valence-electron chi connectivity index (χ3n) is 9.76. The third kappa shape index (κ3) is 4.53. The predicted molar refractivity (Wildman–Crippen MR) is 147 cm³/mol. The number of hydrogen-bond donors (Lipinski definition) is 2. The van der Waals surface area contributed by atoms with Gasteiger partial charge in [0.2, 0.25) is 5.60 Å². The van der Waals surface area contributed by atoms with Crippen LogP contribution in [-0.4, -0.2) is 39.4 Å². The van der Waals surface area contributed by atoms with E-state index < -0.39 is 11.8 Å². The van der Waals surface area contributed by atoms with Gasteiger partial charge in [-0.05, 0) is 71.8 Å². The molecule has 3 aliphatic carbocycles. The van der Waals surface area contributed by atoms with Gasteiger partial charge in [-0.25, -0.2) is 0 Å². The van der Waals surface area contributed by atoms with Gasteiger partial charge in [-0.3, -0.25) is 4.68 Å². The molecule has 1 aromatic heterocycles. The second-order valence-electron chi connectivity index (χ2n) is 12.1. The van der Waals surface area contributed by atoms with Crippen LogP contribution in [0.1, 0.15) is 69.4 Å². The van der Waals surface area contributed by atoms with Crippen LogP contribution in [0.4, 0.5) is 13.2 Å². The summed E-state index contributed by atoms with van der Waals surface area (Å²) in [6.45, 7) is 2.81. The zero-order valence-electron chi connectivity index (χ0n) is 22.9. The largest absolute Gasteiger partial charge is 0.494 e. The van der Waals surface area contributed by atoms with E-state index in [9.17, 15) is 23.4 Å². The van der Waals surface area contributed by atoms with Crippen molar-refractivity contribution >= 4 is 0 Å². The number of rotatable bonds is 8. The fourth-order valence-corrected chi connectivity index (χ4v) is 7.83. The van der Waals surface area contributed by atoms with Gasteiger partial charge >= 0.3 is 6.18 Å². The Bertz CT molecular complexity index is 1370. The van der Waals surface area contributed by atoms with Crippen molar-refractivity contribution in [2.45, 2.75) is 76.6 Å². The molecule has 3 atom stereocenters. The second kappa shape index (κ2) is 10.2. The number of hydrogen-bond acceptors (Lipinski definition) is 4. The lowest BCUT2D eigenvalue weighted by atomic mass is 9.59. The highest BCUT2D eigenvalue weighted by Gasteiger charge is 2.61. The van der Waals surface area contributed by atoms with Crippen LogP contribution in [0.15, 0.2) is 48.8 Å². The van der Waals surface area contributed by atoms with E-state index in [4.69, 9.17) is 4.74 Å². The smallest absolute Gasteiger partial charge is 0.425 e. The first-order valence-electron chi connectivity index (χ1n) is 14.5. The summed E-state index contributed by atoms with van der Waals surface area (Å²) in [6.07, 6.45) is 7.94. The Morgan fingerprint density at radius 1 is 1.07 bits per heavy atom. The van der Waals surface area contributed by atoms with Crippen molar-refractivity contribution in [3.05, 3.63) is 59.9 Å². The van der Waals surface area contributed by atoms with Crippen LogP contribution in [0.2, 0.25) is 0 Å². The Morgan fingerprint density at radius 3 is 2.52 bits per heavy atom. The van der Waals surface area contributed by atoms with Gasteiger partial charge in [-0.2, -0.15) is 18.3 Å². The van der Waals surface area contributed by atoms with Crippen molar-refractivity contribution in [1.29, 1.82) is 0 Å². The second-order valence-corrected chi connectivity index (χ2v) is 12.1. The van der Waals surface area contributed by atoms with Gasteiger partial charge in [0.15, 0.2) is 0 Å². The quantitative estimate of drug-likeness (QED) is 0.312. The minimum atomic E-state index is -4.93. The first kappa shape index (κ1) is 27.3. The van der Waals surface area contributed by atoms with E-state index >= 15 is 0 Å². The maximum atomic E-state index is 14.6. The molecule has 3 aromatic rings. The molecule has 2 aromatic carbocycles. The molecule has 0 amide bonds. The molecule has 2 fully saturated rings. The summed E-state index contributed by atoms with van der Waals surface area (Å²) < 4.78 is 51.7. The Labute approximate surface area is 233 Å². The summed E-state index contributed by atoms with van der Waals surface area (Å²) >= 11 is 0. The molecule has 0 spiro atoms. The number of alkyl halides is 3. The van der Waals surface area contributed by atoms with Crippen molar-refractivity contribution in [2.24, 2.45) is 17.3 Å². The fourth-order valence-electron chi connectivity index (χ4n) is 7.83. The van der Waals surface area contributed by atoms with Crippen LogP contribution < -0.4 is 4.74 Å². The topological polar surface area (TPSA) is 67.5 Å². The molecule has 8 heteroatoms. The monoisotopic (exact) mass is 554 g/mol. The number of aliphatic hydroxyl groups excluding tert-OH is 1. The molecule has 1 heterocycles. The standard InChI is InChI=1S/C32H37F3N2O3/c1-2-30(17-21-6-5-7-22(14-21)18-30)10-13-40-24-15-26(23-19-36-37(20-23)11-12-38)29-25-8-3-4-9-27(25)31(39,28(29)16-24)32(33,34)35/h3-4,8-9,15-16,19-22,38-39H,2,5-7,10-14,17-18H2,1H3. The van der Waals surface area contributed by atoms with Crippen LogP contribution in [0.25, 0.3) is 22.3 Å². The predicted octanol–water partition coefficient (Wildman–Crippen LogP) is 7.09. The molecular formula is C32H37F3N2O3. The van der Waals surface area contributed by atoms with Gasteiger partial charge in [-0.1, -0.05) is 56.9 Å². The Kier molecular flexibility index (Phi) is 6.98. The lowest BCUT2D eigenvalue weighted by Gasteiger charge is -2.47. The maximum absolute atomic E-state index is 14.6. The number of halogens is 3. The average Bonchev–Trinajstić information content (AvgIpc) is 3.50. The molecule has 2 bridgehead atoms. The lowest BCUT2D eigenvalue weighted by Crippen LogP contribution is -2.41. The summed E-state index contributed by atoms with van der Waals surface area (Å²) in [6, 6.07) is 9.29. The van der Waals surface area contributed by atoms with E-state index in [2.05, 4.69) is 12.0 Å². The van der Waals surface area contributed by atoms with Gasteiger partial charge in [0, 0.05) is 22.9 Å². The van der Waals surface area contributed by atoms with Gasteiger partial charge < -0.3 is 14.9 Å². The Morgan fingerprint density at radius 2 is 1.82 bits per heavy atom. The highest BCUT2D eigenvalue weighted by molar-refractivity contribution is 5.93. The van der Waals surface area contributed by atoms with Gasteiger partial charge in [-0.15, -0.1) is 0 Å². The van der Waals surface area contributed by atoms with Crippen molar-refractivity contribution in [3.8, 4) is 28.0 Å². The Hall–Kier alpha value is -2.84. The zero-order chi connectivity index (χ0) is 28.1. The molecule has 0 aliphatic heterocycles. The van der Waals surface area contributed by atoms with Gasteiger partial charge in [0.25, 0.3) is 0 Å². The Balaban J connectivity index is 1.38. The van der Waals surface area contributed by atoms with Crippen LogP contribution in [0.3, 0.4) is 0 Å². The molecule has 0 radical (unpaired) electrons. The summed E-state index contributed by atoms with van der Waals surface area (Å²) in [5.41, 5.74) is -1.56. The van der Waals surface area contributed by atoms with Gasteiger partial charge in [0.05, 0.1) is 26.0 Å². The number of aromatic nitrogens is 2. The highest BCUT2D eigenvalue weighted by atomic mass is 19.4. The molecule has 2 N–H and O–H groups in total. The molecule has 3 unspecified atom stereocenters. The van der Waals surface area contributed by atoms with Crippen molar-refractivity contribution in [1.82, 2.24) is 9.78 Å². The zero-order valence-corrected chi connectivity index (χ0v) is 22.9. The molecule has 5 nitrogen and oxygen atoms in total. The van der Waals surface area contributed by atoms with Crippen LogP contribution >= 0.6 is 0 Å². The average molecular weight is 555 g/mol. The minimum absolute atomic E-state index is 0.111. The normalized spacial score (nSPS) is 27.4. The van der Waals surface area contributed by atoms with Crippen molar-refractivity contribution in [3.63, 3.8) is 0 Å². The number of benzene rings is 2. The highest BCUT2D eigenvalue weighted by Crippen LogP contribution is 2.58. The lowest BCUT2D eigenvalue weighted by molar-refractivity contribution is -0.246. The third-order valence-corrected chi connectivity index (χ3v) is 9.76. The number of aliphatic hydroxyl groups is 2. The maximum Gasteiger partial charge on any atom is 0.425 e. The van der Waals surface area contributed by atoms with E-state index in [1.165, 1.54) is 56.7 Å². The summed E-state index contributed by atoms with van der Waals surface area (Å²) in [5, 5.41) is 25.0.